The van der Waals surface area contributed by atoms with Gasteiger partial charge in [0.1, 0.15) is 34.1 Å². The molecule has 36 heavy (non-hydrogen) atoms. The third-order valence-corrected chi connectivity index (χ3v) is 7.34. The van der Waals surface area contributed by atoms with E-state index in [2.05, 4.69) is 16.4 Å². The van der Waals surface area contributed by atoms with Crippen molar-refractivity contribution >= 4 is 45.8 Å². The van der Waals surface area contributed by atoms with Crippen LogP contribution in [0.4, 0.5) is 0 Å². The molecule has 4 rings (SSSR count). The van der Waals surface area contributed by atoms with Gasteiger partial charge in [-0.3, -0.25) is 14.2 Å². The number of benzene rings is 2. The number of primary amides is 1. The quantitative estimate of drug-likeness (QED) is 0.237. The summed E-state index contributed by atoms with van der Waals surface area (Å²) in [5, 5.41) is 13.3. The zero-order valence-corrected chi connectivity index (χ0v) is 21.5. The summed E-state index contributed by atoms with van der Waals surface area (Å²) in [5.41, 5.74) is 9.29. The Kier molecular flexibility index (Phi) is 7.93. The van der Waals surface area contributed by atoms with Crippen LogP contribution in [0.3, 0.4) is 0 Å². The SMILES string of the molecule is C[C@H](NCCCc1ccc2ncn(-c3cc(O[C@H](C)c4ccccc4Cl)c(C(N)=O)s3)c2c1)C(=O)O. The molecule has 0 saturated heterocycles. The summed E-state index contributed by atoms with van der Waals surface area (Å²) in [6.45, 7) is 4.09. The first kappa shape index (κ1) is 25.7. The number of nitrogens with one attached hydrogen (secondary N) is 1. The van der Waals surface area contributed by atoms with Crippen LogP contribution in [0.2, 0.25) is 5.02 Å². The summed E-state index contributed by atoms with van der Waals surface area (Å²) in [6, 6.07) is 14.6. The van der Waals surface area contributed by atoms with E-state index in [0.29, 0.717) is 22.2 Å². The zero-order valence-electron chi connectivity index (χ0n) is 19.9. The van der Waals surface area contributed by atoms with Crippen LogP contribution < -0.4 is 15.8 Å². The fourth-order valence-corrected chi connectivity index (χ4v) is 5.10. The van der Waals surface area contributed by atoms with E-state index in [1.807, 2.05) is 41.8 Å². The Hall–Kier alpha value is -3.40. The Labute approximate surface area is 217 Å². The molecule has 0 spiro atoms. The Morgan fingerprint density at radius 2 is 2.00 bits per heavy atom. The topological polar surface area (TPSA) is 119 Å². The summed E-state index contributed by atoms with van der Waals surface area (Å²) >= 11 is 7.56. The minimum Gasteiger partial charge on any atom is -0.484 e. The maximum absolute atomic E-state index is 12.2. The number of aryl methyl sites for hydroxylation is 1. The maximum Gasteiger partial charge on any atom is 0.320 e. The van der Waals surface area contributed by atoms with Gasteiger partial charge in [0.15, 0.2) is 0 Å². The van der Waals surface area contributed by atoms with E-state index in [1.165, 1.54) is 11.3 Å². The van der Waals surface area contributed by atoms with Crippen molar-refractivity contribution in [1.29, 1.82) is 0 Å². The van der Waals surface area contributed by atoms with E-state index in [-0.39, 0.29) is 6.10 Å². The van der Waals surface area contributed by atoms with Gasteiger partial charge in [-0.25, -0.2) is 4.98 Å². The van der Waals surface area contributed by atoms with Crippen LogP contribution in [0.1, 0.15) is 47.2 Å². The van der Waals surface area contributed by atoms with Crippen LogP contribution in [-0.2, 0) is 11.2 Å². The minimum atomic E-state index is -0.865. The highest BCUT2D eigenvalue weighted by atomic mass is 35.5. The first-order valence-electron chi connectivity index (χ1n) is 11.5. The number of imidazole rings is 1. The Morgan fingerprint density at radius 1 is 1.22 bits per heavy atom. The third kappa shape index (κ3) is 5.70. The number of nitrogens with zero attached hydrogens (tertiary/aromatic N) is 2. The highest BCUT2D eigenvalue weighted by molar-refractivity contribution is 7.16. The molecule has 0 unspecified atom stereocenters. The molecule has 2 aromatic carbocycles. The van der Waals surface area contributed by atoms with Gasteiger partial charge in [0.25, 0.3) is 5.91 Å². The van der Waals surface area contributed by atoms with Crippen molar-refractivity contribution < 1.29 is 19.4 Å². The van der Waals surface area contributed by atoms with Crippen molar-refractivity contribution in [2.75, 3.05) is 6.54 Å². The van der Waals surface area contributed by atoms with Crippen LogP contribution >= 0.6 is 22.9 Å². The number of aliphatic carboxylic acids is 1. The minimum absolute atomic E-state index is 0.320. The number of carbonyl (C=O) groups is 2. The number of amides is 1. The van der Waals surface area contributed by atoms with E-state index in [1.54, 1.807) is 25.4 Å². The summed E-state index contributed by atoms with van der Waals surface area (Å²) in [5.74, 6) is -1.04. The lowest BCUT2D eigenvalue weighted by Crippen LogP contribution is -2.34. The first-order valence-corrected chi connectivity index (χ1v) is 12.7. The number of hydrogen-bond acceptors (Lipinski definition) is 6. The van der Waals surface area contributed by atoms with E-state index in [0.717, 1.165) is 40.0 Å². The molecule has 0 saturated carbocycles. The molecule has 2 aromatic heterocycles. The molecule has 4 aromatic rings. The number of nitrogens with two attached hydrogens (primary N) is 1. The predicted octanol–water partition coefficient (Wildman–Crippen LogP) is 4.97. The third-order valence-electron chi connectivity index (χ3n) is 5.87. The fourth-order valence-electron chi connectivity index (χ4n) is 3.88. The number of carbonyl (C=O) groups excluding carboxylic acids is 1. The van der Waals surface area contributed by atoms with Crippen molar-refractivity contribution in [3.05, 3.63) is 75.9 Å². The van der Waals surface area contributed by atoms with Gasteiger partial charge in [-0.05, 0) is 57.0 Å². The molecular formula is C26H27ClN4O4S. The van der Waals surface area contributed by atoms with Crippen LogP contribution in [0.15, 0.2) is 54.9 Å². The van der Waals surface area contributed by atoms with Gasteiger partial charge in [0.05, 0.1) is 11.0 Å². The fraction of sp³-hybridized carbons (Fsp3) is 0.269. The number of carboxylic acids is 1. The van der Waals surface area contributed by atoms with Crippen molar-refractivity contribution in [2.45, 2.75) is 38.8 Å². The molecule has 0 aliphatic carbocycles. The number of rotatable bonds is 11. The smallest absolute Gasteiger partial charge is 0.320 e. The molecule has 2 atom stereocenters. The number of thiophene rings is 1. The van der Waals surface area contributed by atoms with Gasteiger partial charge >= 0.3 is 5.97 Å². The number of ether oxygens (including phenoxy) is 1. The lowest BCUT2D eigenvalue weighted by Gasteiger charge is -2.16. The second-order valence-electron chi connectivity index (χ2n) is 8.48. The van der Waals surface area contributed by atoms with Gasteiger partial charge in [0, 0.05) is 16.7 Å². The normalized spacial score (nSPS) is 13.0. The lowest BCUT2D eigenvalue weighted by molar-refractivity contribution is -0.138. The average Bonchev–Trinajstić information content (AvgIpc) is 3.45. The van der Waals surface area contributed by atoms with E-state index in [9.17, 15) is 9.59 Å². The lowest BCUT2D eigenvalue weighted by atomic mass is 10.1. The van der Waals surface area contributed by atoms with Crippen molar-refractivity contribution in [3.8, 4) is 10.8 Å². The van der Waals surface area contributed by atoms with E-state index in [4.69, 9.17) is 27.2 Å². The summed E-state index contributed by atoms with van der Waals surface area (Å²) in [6.07, 6.45) is 2.90. The molecule has 188 valence electrons. The maximum atomic E-state index is 12.2. The van der Waals surface area contributed by atoms with Gasteiger partial charge in [0.2, 0.25) is 0 Å². The molecule has 10 heteroatoms. The summed E-state index contributed by atoms with van der Waals surface area (Å²) in [7, 11) is 0. The molecule has 1 amide bonds. The number of fused-ring (bicyclic) bond motifs is 1. The number of aromatic nitrogens is 2. The van der Waals surface area contributed by atoms with E-state index >= 15 is 0 Å². The second kappa shape index (κ2) is 11.1. The highest BCUT2D eigenvalue weighted by Gasteiger charge is 2.21. The monoisotopic (exact) mass is 526 g/mol. The van der Waals surface area contributed by atoms with Crippen LogP contribution in [0.25, 0.3) is 16.0 Å². The Morgan fingerprint density at radius 3 is 2.72 bits per heavy atom. The second-order valence-corrected chi connectivity index (χ2v) is 9.92. The van der Waals surface area contributed by atoms with Gasteiger partial charge in [-0.15, -0.1) is 11.3 Å². The molecular weight excluding hydrogens is 500 g/mol. The van der Waals surface area contributed by atoms with Crippen LogP contribution in [-0.4, -0.2) is 39.1 Å². The number of halogens is 1. The van der Waals surface area contributed by atoms with Gasteiger partial charge < -0.3 is 20.9 Å². The van der Waals surface area contributed by atoms with Crippen molar-refractivity contribution in [2.24, 2.45) is 5.73 Å². The molecule has 0 aliphatic rings. The molecule has 0 radical (unpaired) electrons. The number of carboxylic acid groups (broad SMARTS) is 1. The Balaban J connectivity index is 1.56. The largest absolute Gasteiger partial charge is 0.484 e. The molecule has 4 N–H and O–H groups in total. The van der Waals surface area contributed by atoms with E-state index < -0.39 is 17.9 Å². The van der Waals surface area contributed by atoms with Crippen LogP contribution in [0.5, 0.6) is 5.75 Å². The summed E-state index contributed by atoms with van der Waals surface area (Å²) in [4.78, 5) is 28.0. The first-order chi connectivity index (χ1) is 17.2. The standard InChI is InChI=1S/C26H27ClN4O4S/c1-15(26(33)34)29-11-5-6-17-9-10-20-21(12-17)31(14-30-20)23-13-22(24(36-23)25(28)32)35-16(2)18-7-3-4-8-19(18)27/h3-4,7-10,12-16,29H,5-6,11H2,1-2H3,(H2,28,32)(H,33,34)/t15-,16+/m0/s1. The number of hydrogen-bond donors (Lipinski definition) is 3. The molecule has 0 bridgehead atoms. The zero-order chi connectivity index (χ0) is 25.8. The Bertz CT molecular complexity index is 1400. The highest BCUT2D eigenvalue weighted by Crippen LogP contribution is 2.37. The van der Waals surface area contributed by atoms with Gasteiger partial charge in [-0.2, -0.15) is 0 Å². The molecule has 8 nitrogen and oxygen atoms in total. The molecule has 2 heterocycles. The molecule has 0 aliphatic heterocycles. The van der Waals surface area contributed by atoms with Gasteiger partial charge in [-0.1, -0.05) is 35.9 Å². The summed E-state index contributed by atoms with van der Waals surface area (Å²) < 4.78 is 8.04. The predicted molar refractivity (Wildman–Crippen MR) is 141 cm³/mol. The van der Waals surface area contributed by atoms with Crippen LogP contribution in [0, 0.1) is 0 Å². The van der Waals surface area contributed by atoms with Crippen molar-refractivity contribution in [1.82, 2.24) is 14.9 Å². The molecule has 0 fully saturated rings. The van der Waals surface area contributed by atoms with Crippen molar-refractivity contribution in [3.63, 3.8) is 0 Å². The average molecular weight is 527 g/mol.